The summed E-state index contributed by atoms with van der Waals surface area (Å²) in [5.41, 5.74) is 2.58. The number of nitrogens with one attached hydrogen (secondary N) is 1. The molecule has 0 fully saturated rings. The van der Waals surface area contributed by atoms with E-state index in [1.807, 2.05) is 7.05 Å². The van der Waals surface area contributed by atoms with Crippen LogP contribution in [0.15, 0.2) is 22.7 Å². The first-order chi connectivity index (χ1) is 7.69. The van der Waals surface area contributed by atoms with Crippen molar-refractivity contribution in [2.45, 2.75) is 26.3 Å². The minimum Gasteiger partial charge on any atom is -0.375 e. The first-order valence-electron chi connectivity index (χ1n) is 5.83. The summed E-state index contributed by atoms with van der Waals surface area (Å²) in [5.74, 6) is 0. The third kappa shape index (κ3) is 3.80. The van der Waals surface area contributed by atoms with Crippen LogP contribution in [-0.4, -0.2) is 20.6 Å². The van der Waals surface area contributed by atoms with Crippen molar-refractivity contribution in [3.05, 3.63) is 28.2 Å². The fraction of sp³-hybridized carbons (Fsp3) is 0.538. The molecular weight excluding hydrogens is 264 g/mol. The molecule has 0 aliphatic carbocycles. The van der Waals surface area contributed by atoms with Crippen LogP contribution in [0.1, 0.15) is 25.3 Å². The Morgan fingerprint density at radius 1 is 1.38 bits per heavy atom. The van der Waals surface area contributed by atoms with Gasteiger partial charge in [-0.15, -0.1) is 0 Å². The van der Waals surface area contributed by atoms with Gasteiger partial charge in [0.05, 0.1) is 0 Å². The van der Waals surface area contributed by atoms with Crippen LogP contribution < -0.4 is 10.2 Å². The Morgan fingerprint density at radius 3 is 2.69 bits per heavy atom. The normalized spacial score (nSPS) is 10.5. The lowest BCUT2D eigenvalue weighted by Crippen LogP contribution is -2.18. The Bertz CT molecular complexity index is 326. The van der Waals surface area contributed by atoms with E-state index in [-0.39, 0.29) is 0 Å². The zero-order chi connectivity index (χ0) is 12.0. The summed E-state index contributed by atoms with van der Waals surface area (Å²) >= 11 is 3.62. The molecule has 0 atom stereocenters. The molecule has 0 bridgehead atoms. The summed E-state index contributed by atoms with van der Waals surface area (Å²) in [4.78, 5) is 2.30. The topological polar surface area (TPSA) is 15.3 Å². The van der Waals surface area contributed by atoms with Crippen LogP contribution >= 0.6 is 15.9 Å². The van der Waals surface area contributed by atoms with E-state index in [0.717, 1.165) is 13.1 Å². The number of hydrogen-bond acceptors (Lipinski definition) is 2. The summed E-state index contributed by atoms with van der Waals surface area (Å²) in [6.07, 6.45) is 2.48. The van der Waals surface area contributed by atoms with Crippen molar-refractivity contribution in [3.8, 4) is 0 Å². The highest BCUT2D eigenvalue weighted by atomic mass is 79.9. The van der Waals surface area contributed by atoms with Crippen LogP contribution in [0.25, 0.3) is 0 Å². The van der Waals surface area contributed by atoms with Crippen molar-refractivity contribution in [1.29, 1.82) is 0 Å². The van der Waals surface area contributed by atoms with Gasteiger partial charge in [0.1, 0.15) is 0 Å². The lowest BCUT2D eigenvalue weighted by Gasteiger charge is -2.20. The van der Waals surface area contributed by atoms with E-state index in [4.69, 9.17) is 0 Å². The Kier molecular flexibility index (Phi) is 5.85. The quantitative estimate of drug-likeness (QED) is 0.861. The van der Waals surface area contributed by atoms with Crippen LogP contribution in [0.5, 0.6) is 0 Å². The van der Waals surface area contributed by atoms with Crippen molar-refractivity contribution >= 4 is 21.6 Å². The van der Waals surface area contributed by atoms with Gasteiger partial charge in [-0.2, -0.15) is 0 Å². The molecule has 0 aliphatic rings. The Labute approximate surface area is 107 Å². The third-order valence-electron chi connectivity index (χ3n) is 2.69. The average molecular weight is 285 g/mol. The summed E-state index contributed by atoms with van der Waals surface area (Å²) in [6.45, 7) is 4.24. The second-order valence-electron chi connectivity index (χ2n) is 4.08. The van der Waals surface area contributed by atoms with E-state index in [1.54, 1.807) is 0 Å². The molecule has 0 radical (unpaired) electrons. The molecule has 1 aromatic rings. The molecule has 1 aromatic carbocycles. The molecule has 0 spiro atoms. The summed E-state index contributed by atoms with van der Waals surface area (Å²) in [7, 11) is 4.11. The molecule has 0 heterocycles. The van der Waals surface area contributed by atoms with Crippen LogP contribution in [0, 0.1) is 0 Å². The van der Waals surface area contributed by atoms with Crippen molar-refractivity contribution < 1.29 is 0 Å². The molecule has 2 nitrogen and oxygen atoms in total. The monoisotopic (exact) mass is 284 g/mol. The van der Waals surface area contributed by atoms with Gasteiger partial charge in [0.15, 0.2) is 0 Å². The van der Waals surface area contributed by atoms with Crippen LogP contribution in [0.3, 0.4) is 0 Å². The molecule has 1 rings (SSSR count). The predicted molar refractivity (Wildman–Crippen MR) is 75.1 cm³/mol. The number of halogens is 1. The second-order valence-corrected chi connectivity index (χ2v) is 4.94. The number of hydrogen-bond donors (Lipinski definition) is 1. The lowest BCUT2D eigenvalue weighted by molar-refractivity contribution is 0.765. The lowest BCUT2D eigenvalue weighted by atomic mass is 10.2. The average Bonchev–Trinajstić information content (AvgIpc) is 2.29. The van der Waals surface area contributed by atoms with Gasteiger partial charge in [-0.3, -0.25) is 0 Å². The maximum absolute atomic E-state index is 3.62. The van der Waals surface area contributed by atoms with E-state index in [0.29, 0.717) is 0 Å². The summed E-state index contributed by atoms with van der Waals surface area (Å²) in [6, 6.07) is 6.56. The van der Waals surface area contributed by atoms with Crippen LogP contribution in [0.2, 0.25) is 0 Å². The van der Waals surface area contributed by atoms with E-state index < -0.39 is 0 Å². The minimum atomic E-state index is 0.902. The molecular formula is C13H21BrN2. The van der Waals surface area contributed by atoms with Gasteiger partial charge in [-0.25, -0.2) is 0 Å². The Morgan fingerprint density at radius 2 is 2.12 bits per heavy atom. The molecule has 1 N–H and O–H groups in total. The molecule has 0 saturated carbocycles. The zero-order valence-electron chi connectivity index (χ0n) is 10.4. The fourth-order valence-corrected chi connectivity index (χ4v) is 2.14. The smallest absolute Gasteiger partial charge is 0.0375 e. The first-order valence-corrected chi connectivity index (χ1v) is 6.62. The maximum Gasteiger partial charge on any atom is 0.0375 e. The summed E-state index contributed by atoms with van der Waals surface area (Å²) in [5, 5.41) is 3.16. The third-order valence-corrected chi connectivity index (χ3v) is 3.43. The minimum absolute atomic E-state index is 0.902. The SMILES string of the molecule is CCCCN(C)c1ccc(CNC)c(Br)c1. The van der Waals surface area contributed by atoms with Crippen LogP contribution in [-0.2, 0) is 6.54 Å². The van der Waals surface area contributed by atoms with Gasteiger partial charge in [-0.1, -0.05) is 35.3 Å². The Balaban J connectivity index is 2.71. The van der Waals surface area contributed by atoms with E-state index in [9.17, 15) is 0 Å². The number of unbranched alkanes of at least 4 members (excludes halogenated alkanes) is 1. The van der Waals surface area contributed by atoms with Gasteiger partial charge in [-0.05, 0) is 31.2 Å². The number of anilines is 1. The van der Waals surface area contributed by atoms with Gasteiger partial charge in [0.2, 0.25) is 0 Å². The van der Waals surface area contributed by atoms with Gasteiger partial charge < -0.3 is 10.2 Å². The van der Waals surface area contributed by atoms with Crippen molar-refractivity contribution in [3.63, 3.8) is 0 Å². The van der Waals surface area contributed by atoms with Crippen LogP contribution in [0.4, 0.5) is 5.69 Å². The van der Waals surface area contributed by atoms with Crippen molar-refractivity contribution in [2.75, 3.05) is 25.5 Å². The number of benzene rings is 1. The predicted octanol–water partition coefficient (Wildman–Crippen LogP) is 3.40. The second kappa shape index (κ2) is 6.92. The zero-order valence-corrected chi connectivity index (χ0v) is 12.0. The molecule has 16 heavy (non-hydrogen) atoms. The van der Waals surface area contributed by atoms with Crippen molar-refractivity contribution in [1.82, 2.24) is 5.32 Å². The number of nitrogens with zero attached hydrogens (tertiary/aromatic N) is 1. The van der Waals surface area contributed by atoms with E-state index in [2.05, 4.69) is 58.3 Å². The maximum atomic E-state index is 3.62. The molecule has 3 heteroatoms. The largest absolute Gasteiger partial charge is 0.375 e. The molecule has 0 unspecified atom stereocenters. The number of rotatable bonds is 6. The van der Waals surface area contributed by atoms with Gasteiger partial charge in [0.25, 0.3) is 0 Å². The van der Waals surface area contributed by atoms with Gasteiger partial charge >= 0.3 is 0 Å². The fourth-order valence-electron chi connectivity index (χ4n) is 1.63. The first kappa shape index (κ1) is 13.5. The molecule has 0 saturated heterocycles. The van der Waals surface area contributed by atoms with Gasteiger partial charge in [0, 0.05) is 30.3 Å². The van der Waals surface area contributed by atoms with Crippen molar-refractivity contribution in [2.24, 2.45) is 0 Å². The molecule has 0 aliphatic heterocycles. The highest BCUT2D eigenvalue weighted by Gasteiger charge is 2.04. The summed E-state index contributed by atoms with van der Waals surface area (Å²) < 4.78 is 1.18. The highest BCUT2D eigenvalue weighted by Crippen LogP contribution is 2.23. The molecule has 90 valence electrons. The Hall–Kier alpha value is -0.540. The van der Waals surface area contributed by atoms with E-state index in [1.165, 1.54) is 28.6 Å². The molecule has 0 amide bonds. The highest BCUT2D eigenvalue weighted by molar-refractivity contribution is 9.10. The van der Waals surface area contributed by atoms with E-state index >= 15 is 0 Å². The standard InChI is InChI=1S/C13H21BrN2/c1-4-5-8-16(3)12-7-6-11(10-15-2)13(14)9-12/h6-7,9,15H,4-5,8,10H2,1-3H3. The molecule has 0 aromatic heterocycles.